The van der Waals surface area contributed by atoms with Crippen LogP contribution >= 0.6 is 11.3 Å². The van der Waals surface area contributed by atoms with E-state index in [0.717, 1.165) is 5.92 Å². The molecule has 0 amide bonds. The van der Waals surface area contributed by atoms with E-state index >= 15 is 0 Å². The molecule has 0 atom stereocenters. The average molecular weight is 428 g/mol. The lowest BCUT2D eigenvalue weighted by atomic mass is 9.84. The monoisotopic (exact) mass is 427 g/mol. The summed E-state index contributed by atoms with van der Waals surface area (Å²) in [6, 6.07) is 22.9. The molecule has 3 aromatic carbocycles. The van der Waals surface area contributed by atoms with Gasteiger partial charge in [0.25, 0.3) is 0 Å². The molecule has 1 aliphatic carbocycles. The topological polar surface area (TPSA) is 3.24 Å². The predicted octanol–water partition coefficient (Wildman–Crippen LogP) is 9.17. The van der Waals surface area contributed by atoms with Crippen LogP contribution in [-0.2, 0) is 5.41 Å². The Hall–Kier alpha value is -2.32. The average Bonchev–Trinajstić information content (AvgIpc) is 3.18. The maximum Gasteiger partial charge on any atom is 0.0592 e. The molecule has 1 nitrogen and oxygen atoms in total. The van der Waals surface area contributed by atoms with E-state index in [1.165, 1.54) is 69.2 Å². The molecule has 2 heteroatoms. The first-order chi connectivity index (χ1) is 14.9. The van der Waals surface area contributed by atoms with Crippen molar-refractivity contribution < 1.29 is 0 Å². The van der Waals surface area contributed by atoms with Crippen molar-refractivity contribution in [3.63, 3.8) is 0 Å². The van der Waals surface area contributed by atoms with Crippen LogP contribution in [0, 0.1) is 0 Å². The molecule has 0 radical (unpaired) electrons. The molecule has 0 N–H and O–H groups in total. The van der Waals surface area contributed by atoms with Crippen molar-refractivity contribution in [3.8, 4) is 0 Å². The number of benzene rings is 3. The second kappa shape index (κ2) is 7.98. The highest BCUT2D eigenvalue weighted by Gasteiger charge is 2.21. The van der Waals surface area contributed by atoms with Crippen molar-refractivity contribution in [1.29, 1.82) is 0 Å². The zero-order valence-corrected chi connectivity index (χ0v) is 20.1. The van der Waals surface area contributed by atoms with Gasteiger partial charge in [0, 0.05) is 28.2 Å². The third kappa shape index (κ3) is 3.76. The van der Waals surface area contributed by atoms with E-state index in [1.54, 1.807) is 5.56 Å². The molecule has 1 aromatic heterocycles. The summed E-state index contributed by atoms with van der Waals surface area (Å²) in [6.07, 6.45) is 6.86. The van der Waals surface area contributed by atoms with Crippen LogP contribution in [0.15, 0.2) is 60.7 Å². The van der Waals surface area contributed by atoms with Crippen molar-refractivity contribution in [2.45, 2.75) is 64.2 Å². The molecule has 31 heavy (non-hydrogen) atoms. The minimum Gasteiger partial charge on any atom is -0.343 e. The molecule has 1 fully saturated rings. The van der Waals surface area contributed by atoms with Gasteiger partial charge < -0.3 is 4.90 Å². The van der Waals surface area contributed by atoms with Crippen molar-refractivity contribution in [2.24, 2.45) is 0 Å². The number of fused-ring (bicyclic) bond motifs is 3. The van der Waals surface area contributed by atoms with Gasteiger partial charge in [-0.2, -0.15) is 0 Å². The summed E-state index contributed by atoms with van der Waals surface area (Å²) in [5, 5.41) is 2.83. The van der Waals surface area contributed by atoms with Gasteiger partial charge in [0.15, 0.2) is 0 Å². The SMILES string of the molecule is CN(c1ccc(C(C)(C)C)cc1)c1cccc2c1sc1c(C3CCCCC3)cccc12. The van der Waals surface area contributed by atoms with E-state index in [9.17, 15) is 0 Å². The summed E-state index contributed by atoms with van der Waals surface area (Å²) in [6.45, 7) is 6.81. The van der Waals surface area contributed by atoms with E-state index in [-0.39, 0.29) is 5.41 Å². The summed E-state index contributed by atoms with van der Waals surface area (Å²) in [5.41, 5.74) is 5.68. The van der Waals surface area contributed by atoms with Gasteiger partial charge in [-0.25, -0.2) is 0 Å². The van der Waals surface area contributed by atoms with Crippen LogP contribution in [0.25, 0.3) is 20.2 Å². The highest BCUT2D eigenvalue weighted by molar-refractivity contribution is 7.26. The number of thiophene rings is 1. The van der Waals surface area contributed by atoms with Gasteiger partial charge in [-0.1, -0.05) is 82.5 Å². The van der Waals surface area contributed by atoms with E-state index in [4.69, 9.17) is 0 Å². The largest absolute Gasteiger partial charge is 0.343 e. The maximum atomic E-state index is 2.39. The highest BCUT2D eigenvalue weighted by atomic mass is 32.1. The molecule has 0 unspecified atom stereocenters. The standard InChI is InChI=1S/C29H33NS/c1-29(2,3)21-16-18-22(19-17-21)30(4)26-15-9-14-25-24-13-8-12-23(27(24)31-28(25)26)20-10-6-5-7-11-20/h8-9,12-20H,5-7,10-11H2,1-4H3. The minimum absolute atomic E-state index is 0.179. The first-order valence-electron chi connectivity index (χ1n) is 11.7. The number of nitrogens with zero attached hydrogens (tertiary/aromatic N) is 1. The van der Waals surface area contributed by atoms with Crippen molar-refractivity contribution in [2.75, 3.05) is 11.9 Å². The zero-order chi connectivity index (χ0) is 21.6. The third-order valence-corrected chi connectivity index (χ3v) is 8.35. The van der Waals surface area contributed by atoms with Crippen LogP contribution in [0.2, 0.25) is 0 Å². The molecule has 5 rings (SSSR count). The van der Waals surface area contributed by atoms with E-state index in [0.29, 0.717) is 0 Å². The first-order valence-corrected chi connectivity index (χ1v) is 12.5. The predicted molar refractivity (Wildman–Crippen MR) is 138 cm³/mol. The van der Waals surface area contributed by atoms with Crippen LogP contribution in [-0.4, -0.2) is 7.05 Å². The number of rotatable bonds is 3. The minimum atomic E-state index is 0.179. The van der Waals surface area contributed by atoms with Crippen LogP contribution in [0.3, 0.4) is 0 Å². The van der Waals surface area contributed by atoms with Gasteiger partial charge in [0.2, 0.25) is 0 Å². The maximum absolute atomic E-state index is 2.39. The van der Waals surface area contributed by atoms with Crippen molar-refractivity contribution >= 4 is 42.9 Å². The Kier molecular flexibility index (Phi) is 5.30. The molecular formula is C29H33NS. The first kappa shape index (κ1) is 20.6. The van der Waals surface area contributed by atoms with Crippen molar-refractivity contribution in [3.05, 3.63) is 71.8 Å². The van der Waals surface area contributed by atoms with Gasteiger partial charge in [0.1, 0.15) is 0 Å². The summed E-state index contributed by atoms with van der Waals surface area (Å²) in [7, 11) is 2.20. The Bertz CT molecular complexity index is 1200. The molecule has 4 aromatic rings. The molecule has 0 aliphatic heterocycles. The molecule has 160 valence electrons. The quantitative estimate of drug-likeness (QED) is 0.315. The van der Waals surface area contributed by atoms with Gasteiger partial charge in [-0.3, -0.25) is 0 Å². The van der Waals surface area contributed by atoms with Crippen molar-refractivity contribution in [1.82, 2.24) is 0 Å². The number of hydrogen-bond donors (Lipinski definition) is 0. The van der Waals surface area contributed by atoms with Crippen LogP contribution < -0.4 is 4.90 Å². The normalized spacial score (nSPS) is 15.6. The highest BCUT2D eigenvalue weighted by Crippen LogP contribution is 2.45. The van der Waals surface area contributed by atoms with Crippen LogP contribution in [0.5, 0.6) is 0 Å². The lowest BCUT2D eigenvalue weighted by Crippen LogP contribution is -2.13. The van der Waals surface area contributed by atoms with Gasteiger partial charge in [0.05, 0.1) is 10.4 Å². The third-order valence-electron chi connectivity index (χ3n) is 7.06. The smallest absolute Gasteiger partial charge is 0.0592 e. The number of hydrogen-bond acceptors (Lipinski definition) is 2. The van der Waals surface area contributed by atoms with E-state index in [1.807, 2.05) is 11.3 Å². The fourth-order valence-electron chi connectivity index (χ4n) is 5.15. The summed E-state index contributed by atoms with van der Waals surface area (Å²) in [5.74, 6) is 0.733. The molecule has 1 saturated carbocycles. The Morgan fingerprint density at radius 2 is 1.42 bits per heavy atom. The molecule has 0 spiro atoms. The summed E-state index contributed by atoms with van der Waals surface area (Å²) >= 11 is 2.00. The number of anilines is 2. The molecule has 1 heterocycles. The Labute approximate surface area is 190 Å². The van der Waals surface area contributed by atoms with Crippen LogP contribution in [0.1, 0.15) is 69.9 Å². The molecule has 0 bridgehead atoms. The lowest BCUT2D eigenvalue weighted by Gasteiger charge is -2.23. The lowest BCUT2D eigenvalue weighted by molar-refractivity contribution is 0.446. The Balaban J connectivity index is 1.59. The molecule has 0 saturated heterocycles. The second-order valence-corrected chi connectivity index (χ2v) is 11.2. The van der Waals surface area contributed by atoms with Crippen LogP contribution in [0.4, 0.5) is 11.4 Å². The zero-order valence-electron chi connectivity index (χ0n) is 19.2. The van der Waals surface area contributed by atoms with Gasteiger partial charge in [-0.05, 0) is 53.5 Å². The molecule has 1 aliphatic rings. The summed E-state index contributed by atoms with van der Waals surface area (Å²) in [4.78, 5) is 2.35. The fourth-order valence-corrected chi connectivity index (χ4v) is 6.59. The van der Waals surface area contributed by atoms with Gasteiger partial charge >= 0.3 is 0 Å². The van der Waals surface area contributed by atoms with E-state index < -0.39 is 0 Å². The Morgan fingerprint density at radius 3 is 2.10 bits per heavy atom. The fraction of sp³-hybridized carbons (Fsp3) is 0.379. The Morgan fingerprint density at radius 1 is 0.774 bits per heavy atom. The second-order valence-electron chi connectivity index (χ2n) is 10.2. The summed E-state index contributed by atoms with van der Waals surface area (Å²) < 4.78 is 2.91. The molecular weight excluding hydrogens is 394 g/mol. The van der Waals surface area contributed by atoms with E-state index in [2.05, 4.69) is 93.4 Å². The van der Waals surface area contributed by atoms with Gasteiger partial charge in [-0.15, -0.1) is 11.3 Å².